The summed E-state index contributed by atoms with van der Waals surface area (Å²) in [6.07, 6.45) is 1.81. The number of nitrogens with one attached hydrogen (secondary N) is 1. The lowest BCUT2D eigenvalue weighted by Gasteiger charge is -2.06. The number of rotatable bonds is 3. The van der Waals surface area contributed by atoms with Crippen LogP contribution in [0.4, 0.5) is 11.5 Å². The van der Waals surface area contributed by atoms with E-state index in [1.165, 1.54) is 0 Å². The maximum atomic E-state index is 8.83. The minimum absolute atomic E-state index is 0.238. The Labute approximate surface area is 105 Å². The van der Waals surface area contributed by atoms with Crippen LogP contribution in [0, 0.1) is 18.3 Å². The van der Waals surface area contributed by atoms with E-state index in [4.69, 9.17) is 11.0 Å². The van der Waals surface area contributed by atoms with E-state index < -0.39 is 0 Å². The predicted molar refractivity (Wildman–Crippen MR) is 69.7 cm³/mol. The Kier molecular flexibility index (Phi) is 3.39. The molecule has 5 nitrogen and oxygen atoms in total. The number of anilines is 2. The second kappa shape index (κ2) is 5.15. The number of hydrogen-bond acceptors (Lipinski definition) is 5. The molecule has 3 N–H and O–H groups in total. The van der Waals surface area contributed by atoms with Gasteiger partial charge in [0.05, 0.1) is 5.69 Å². The van der Waals surface area contributed by atoms with Gasteiger partial charge in [-0.2, -0.15) is 5.26 Å². The fraction of sp³-hybridized carbons (Fsp3) is 0.154. The zero-order chi connectivity index (χ0) is 13.0. The van der Waals surface area contributed by atoms with Gasteiger partial charge in [-0.1, -0.05) is 6.07 Å². The van der Waals surface area contributed by atoms with E-state index in [0.717, 1.165) is 11.3 Å². The van der Waals surface area contributed by atoms with Crippen molar-refractivity contribution < 1.29 is 0 Å². The minimum Gasteiger partial charge on any atom is -0.396 e. The van der Waals surface area contributed by atoms with Gasteiger partial charge in [-0.3, -0.25) is 4.98 Å². The van der Waals surface area contributed by atoms with Crippen LogP contribution in [0.1, 0.15) is 17.0 Å². The standard InChI is InChI=1S/C13H13N5/c1-9-2-3-10(7-16-9)8-17-13-5-4-11(15)12(6-14)18-13/h2-5,7H,8,15H2,1H3,(H,17,18). The van der Waals surface area contributed by atoms with Gasteiger partial charge in [0.1, 0.15) is 11.9 Å². The molecule has 0 spiro atoms. The molecule has 0 fully saturated rings. The van der Waals surface area contributed by atoms with Crippen LogP contribution in [-0.2, 0) is 6.54 Å². The normalized spacial score (nSPS) is 9.78. The molecule has 18 heavy (non-hydrogen) atoms. The predicted octanol–water partition coefficient (Wildman–Crippen LogP) is 1.85. The molecular formula is C13H13N5. The first-order valence-electron chi connectivity index (χ1n) is 5.51. The summed E-state index contributed by atoms with van der Waals surface area (Å²) in [6.45, 7) is 2.55. The topological polar surface area (TPSA) is 87.6 Å². The number of hydrogen-bond donors (Lipinski definition) is 2. The molecule has 2 aromatic heterocycles. The van der Waals surface area contributed by atoms with Gasteiger partial charge in [0.2, 0.25) is 0 Å². The van der Waals surface area contributed by atoms with Crippen LogP contribution in [-0.4, -0.2) is 9.97 Å². The second-order valence-electron chi connectivity index (χ2n) is 3.91. The Bertz CT molecular complexity index is 583. The molecule has 5 heteroatoms. The zero-order valence-electron chi connectivity index (χ0n) is 10.0. The molecule has 0 amide bonds. The van der Waals surface area contributed by atoms with Crippen LogP contribution >= 0.6 is 0 Å². The van der Waals surface area contributed by atoms with Crippen molar-refractivity contribution in [2.45, 2.75) is 13.5 Å². The lowest BCUT2D eigenvalue weighted by Crippen LogP contribution is -2.04. The van der Waals surface area contributed by atoms with Crippen molar-refractivity contribution in [3.05, 3.63) is 47.4 Å². The molecule has 90 valence electrons. The fourth-order valence-corrected chi connectivity index (χ4v) is 1.45. The molecule has 0 radical (unpaired) electrons. The Morgan fingerprint density at radius 1 is 1.33 bits per heavy atom. The Morgan fingerprint density at radius 3 is 2.83 bits per heavy atom. The highest BCUT2D eigenvalue weighted by molar-refractivity contribution is 5.54. The van der Waals surface area contributed by atoms with Crippen molar-refractivity contribution >= 4 is 11.5 Å². The summed E-state index contributed by atoms with van der Waals surface area (Å²) in [7, 11) is 0. The van der Waals surface area contributed by atoms with E-state index >= 15 is 0 Å². The maximum Gasteiger partial charge on any atom is 0.165 e. The minimum atomic E-state index is 0.238. The molecule has 0 atom stereocenters. The molecule has 0 aliphatic heterocycles. The van der Waals surface area contributed by atoms with Crippen molar-refractivity contribution in [2.75, 3.05) is 11.1 Å². The summed E-state index contributed by atoms with van der Waals surface area (Å²) in [6, 6.07) is 9.32. The van der Waals surface area contributed by atoms with Crippen molar-refractivity contribution in [2.24, 2.45) is 0 Å². The molecule has 0 unspecified atom stereocenters. The summed E-state index contributed by atoms with van der Waals surface area (Å²) < 4.78 is 0. The van der Waals surface area contributed by atoms with Crippen LogP contribution in [0.3, 0.4) is 0 Å². The van der Waals surface area contributed by atoms with Gasteiger partial charge in [0.25, 0.3) is 0 Å². The molecule has 2 aromatic rings. The summed E-state index contributed by atoms with van der Waals surface area (Å²) >= 11 is 0. The number of nitrogens with two attached hydrogens (primary N) is 1. The number of nitriles is 1. The number of nitrogen functional groups attached to an aromatic ring is 1. The molecule has 0 saturated carbocycles. The molecule has 2 rings (SSSR count). The third-order valence-corrected chi connectivity index (χ3v) is 2.48. The first-order chi connectivity index (χ1) is 8.69. The monoisotopic (exact) mass is 239 g/mol. The lowest BCUT2D eigenvalue weighted by molar-refractivity contribution is 1.06. The summed E-state index contributed by atoms with van der Waals surface area (Å²) in [4.78, 5) is 8.31. The van der Waals surface area contributed by atoms with Crippen LogP contribution in [0.2, 0.25) is 0 Å². The van der Waals surface area contributed by atoms with Crippen LogP contribution in [0.5, 0.6) is 0 Å². The smallest absolute Gasteiger partial charge is 0.165 e. The Morgan fingerprint density at radius 2 is 2.17 bits per heavy atom. The number of pyridine rings is 2. The van der Waals surface area contributed by atoms with E-state index in [0.29, 0.717) is 18.1 Å². The first kappa shape index (κ1) is 11.9. The second-order valence-corrected chi connectivity index (χ2v) is 3.91. The third kappa shape index (κ3) is 2.74. The molecule has 2 heterocycles. The Balaban J connectivity index is 2.06. The lowest BCUT2D eigenvalue weighted by atomic mass is 10.2. The van der Waals surface area contributed by atoms with Gasteiger partial charge in [0.15, 0.2) is 5.69 Å². The van der Waals surface area contributed by atoms with E-state index in [1.807, 2.05) is 31.3 Å². The number of nitrogens with zero attached hydrogens (tertiary/aromatic N) is 3. The van der Waals surface area contributed by atoms with Crippen molar-refractivity contribution in [3.63, 3.8) is 0 Å². The average molecular weight is 239 g/mol. The summed E-state index contributed by atoms with van der Waals surface area (Å²) in [5.41, 5.74) is 8.26. The summed E-state index contributed by atoms with van der Waals surface area (Å²) in [5.74, 6) is 0.626. The van der Waals surface area contributed by atoms with Crippen LogP contribution < -0.4 is 11.1 Å². The van der Waals surface area contributed by atoms with E-state index in [1.54, 1.807) is 12.1 Å². The fourth-order valence-electron chi connectivity index (χ4n) is 1.45. The number of aryl methyl sites for hydroxylation is 1. The quantitative estimate of drug-likeness (QED) is 0.853. The SMILES string of the molecule is Cc1ccc(CNc2ccc(N)c(C#N)n2)cn1. The molecule has 0 aromatic carbocycles. The maximum absolute atomic E-state index is 8.83. The molecule has 0 aliphatic carbocycles. The van der Waals surface area contributed by atoms with Gasteiger partial charge >= 0.3 is 0 Å². The third-order valence-electron chi connectivity index (χ3n) is 2.48. The van der Waals surface area contributed by atoms with Gasteiger partial charge in [-0.25, -0.2) is 4.98 Å². The van der Waals surface area contributed by atoms with Crippen molar-refractivity contribution in [3.8, 4) is 6.07 Å². The largest absolute Gasteiger partial charge is 0.396 e. The Hall–Kier alpha value is -2.61. The van der Waals surface area contributed by atoms with Crippen molar-refractivity contribution in [1.29, 1.82) is 5.26 Å². The highest BCUT2D eigenvalue weighted by Gasteiger charge is 2.02. The molecule has 0 saturated heterocycles. The van der Waals surface area contributed by atoms with E-state index in [9.17, 15) is 0 Å². The first-order valence-corrected chi connectivity index (χ1v) is 5.51. The van der Waals surface area contributed by atoms with Gasteiger partial charge in [-0.05, 0) is 30.7 Å². The average Bonchev–Trinajstić information content (AvgIpc) is 2.39. The van der Waals surface area contributed by atoms with Crippen LogP contribution in [0.15, 0.2) is 30.5 Å². The highest BCUT2D eigenvalue weighted by atomic mass is 15.0. The summed E-state index contributed by atoms with van der Waals surface area (Å²) in [5, 5.41) is 12.0. The van der Waals surface area contributed by atoms with Gasteiger partial charge < -0.3 is 11.1 Å². The van der Waals surface area contributed by atoms with Crippen LogP contribution in [0.25, 0.3) is 0 Å². The van der Waals surface area contributed by atoms with Crippen molar-refractivity contribution in [1.82, 2.24) is 9.97 Å². The van der Waals surface area contributed by atoms with Gasteiger partial charge in [-0.15, -0.1) is 0 Å². The zero-order valence-corrected chi connectivity index (χ0v) is 10.0. The molecular weight excluding hydrogens is 226 g/mol. The molecule has 0 aliphatic rings. The molecule has 0 bridgehead atoms. The number of aromatic nitrogens is 2. The van der Waals surface area contributed by atoms with E-state index in [-0.39, 0.29) is 5.69 Å². The van der Waals surface area contributed by atoms with Gasteiger partial charge in [0, 0.05) is 18.4 Å². The van der Waals surface area contributed by atoms with E-state index in [2.05, 4.69) is 15.3 Å². The highest BCUT2D eigenvalue weighted by Crippen LogP contribution is 2.13.